The van der Waals surface area contributed by atoms with Crippen molar-refractivity contribution in [1.29, 1.82) is 0 Å². The Morgan fingerprint density at radius 3 is 2.23 bits per heavy atom. The number of rotatable bonds is 5. The first kappa shape index (κ1) is 12.6. The van der Waals surface area contributed by atoms with Gasteiger partial charge in [0.25, 0.3) is 0 Å². The smallest absolute Gasteiger partial charge is 0.00825 e. The van der Waals surface area contributed by atoms with Crippen LogP contribution in [0.5, 0.6) is 0 Å². The standard InChI is InChI=1S/C12H20S/c1-10(2)11(3)12(4,5)8-6-7-9-13/h6-7,13H,1,3,8-9H2,2,4-5H3/b7-6-. The predicted molar refractivity (Wildman–Crippen MR) is 65.3 cm³/mol. The maximum absolute atomic E-state index is 4.12. The van der Waals surface area contributed by atoms with Crippen molar-refractivity contribution in [1.82, 2.24) is 0 Å². The maximum Gasteiger partial charge on any atom is 0.00825 e. The van der Waals surface area contributed by atoms with Crippen molar-refractivity contribution in [3.05, 3.63) is 36.5 Å². The molecule has 0 aliphatic rings. The molecule has 0 unspecified atom stereocenters. The van der Waals surface area contributed by atoms with Gasteiger partial charge in [-0.2, -0.15) is 12.6 Å². The van der Waals surface area contributed by atoms with Crippen molar-refractivity contribution in [2.45, 2.75) is 27.2 Å². The molecular weight excluding hydrogens is 176 g/mol. The summed E-state index contributed by atoms with van der Waals surface area (Å²) in [6.45, 7) is 14.3. The van der Waals surface area contributed by atoms with E-state index < -0.39 is 0 Å². The van der Waals surface area contributed by atoms with E-state index in [0.717, 1.165) is 23.3 Å². The van der Waals surface area contributed by atoms with Gasteiger partial charge in [-0.15, -0.1) is 0 Å². The molecule has 0 spiro atoms. The average Bonchev–Trinajstić information content (AvgIpc) is 2.03. The van der Waals surface area contributed by atoms with Crippen LogP contribution >= 0.6 is 12.6 Å². The van der Waals surface area contributed by atoms with Crippen LogP contribution in [0.4, 0.5) is 0 Å². The van der Waals surface area contributed by atoms with Crippen LogP contribution in [0.1, 0.15) is 27.2 Å². The van der Waals surface area contributed by atoms with Crippen LogP contribution in [0.3, 0.4) is 0 Å². The van der Waals surface area contributed by atoms with E-state index in [-0.39, 0.29) is 5.41 Å². The summed E-state index contributed by atoms with van der Waals surface area (Å²) < 4.78 is 0. The Morgan fingerprint density at radius 2 is 1.85 bits per heavy atom. The second-order valence-electron chi connectivity index (χ2n) is 4.00. The van der Waals surface area contributed by atoms with E-state index in [1.54, 1.807) is 0 Å². The Bertz CT molecular complexity index is 221. The van der Waals surface area contributed by atoms with Gasteiger partial charge < -0.3 is 0 Å². The molecule has 0 rings (SSSR count). The molecule has 0 aromatic heterocycles. The topological polar surface area (TPSA) is 0 Å². The molecule has 0 aliphatic carbocycles. The third kappa shape index (κ3) is 4.37. The molecule has 0 N–H and O–H groups in total. The largest absolute Gasteiger partial charge is 0.175 e. The van der Waals surface area contributed by atoms with E-state index in [4.69, 9.17) is 0 Å². The van der Waals surface area contributed by atoms with Crippen LogP contribution in [0.2, 0.25) is 0 Å². The molecule has 0 fully saturated rings. The minimum absolute atomic E-state index is 0.116. The summed E-state index contributed by atoms with van der Waals surface area (Å²) in [6, 6.07) is 0. The molecule has 0 saturated heterocycles. The summed E-state index contributed by atoms with van der Waals surface area (Å²) in [5.74, 6) is 0.801. The quantitative estimate of drug-likeness (QED) is 0.383. The highest BCUT2D eigenvalue weighted by molar-refractivity contribution is 7.80. The Labute approximate surface area is 87.8 Å². The summed E-state index contributed by atoms with van der Waals surface area (Å²) in [4.78, 5) is 0. The molecule has 0 heterocycles. The summed E-state index contributed by atoms with van der Waals surface area (Å²) >= 11 is 4.12. The zero-order chi connectivity index (χ0) is 10.5. The minimum Gasteiger partial charge on any atom is -0.175 e. The van der Waals surface area contributed by atoms with Crippen molar-refractivity contribution in [2.24, 2.45) is 5.41 Å². The predicted octanol–water partition coefficient (Wildman–Crippen LogP) is 4.02. The fourth-order valence-electron chi connectivity index (χ4n) is 1.15. The van der Waals surface area contributed by atoms with E-state index in [2.05, 4.69) is 51.8 Å². The average molecular weight is 196 g/mol. The maximum atomic E-state index is 4.12. The molecule has 0 bridgehead atoms. The lowest BCUT2D eigenvalue weighted by atomic mass is 9.79. The summed E-state index contributed by atoms with van der Waals surface area (Å²) in [6.07, 6.45) is 5.22. The Balaban J connectivity index is 4.30. The summed E-state index contributed by atoms with van der Waals surface area (Å²) in [7, 11) is 0. The molecule has 0 aromatic rings. The van der Waals surface area contributed by atoms with E-state index in [1.807, 2.05) is 6.92 Å². The molecular formula is C12H20S. The first-order valence-corrected chi connectivity index (χ1v) is 5.16. The molecule has 0 aromatic carbocycles. The van der Waals surface area contributed by atoms with Crippen LogP contribution < -0.4 is 0 Å². The van der Waals surface area contributed by atoms with Crippen molar-refractivity contribution in [3.8, 4) is 0 Å². The molecule has 74 valence electrons. The van der Waals surface area contributed by atoms with Gasteiger partial charge in [-0.3, -0.25) is 0 Å². The lowest BCUT2D eigenvalue weighted by Crippen LogP contribution is -2.13. The highest BCUT2D eigenvalue weighted by Gasteiger charge is 2.20. The first-order valence-electron chi connectivity index (χ1n) is 4.53. The van der Waals surface area contributed by atoms with E-state index in [9.17, 15) is 0 Å². The van der Waals surface area contributed by atoms with Gasteiger partial charge in [0.05, 0.1) is 0 Å². The Kier molecular flexibility index (Phi) is 5.16. The summed E-state index contributed by atoms with van der Waals surface area (Å²) in [5.41, 5.74) is 2.33. The molecule has 0 saturated carbocycles. The molecule has 0 aliphatic heterocycles. The van der Waals surface area contributed by atoms with E-state index in [1.165, 1.54) is 0 Å². The van der Waals surface area contributed by atoms with Crippen molar-refractivity contribution in [3.63, 3.8) is 0 Å². The monoisotopic (exact) mass is 196 g/mol. The van der Waals surface area contributed by atoms with Crippen LogP contribution in [-0.2, 0) is 0 Å². The second kappa shape index (κ2) is 5.33. The lowest BCUT2D eigenvalue weighted by molar-refractivity contribution is 0.461. The molecule has 0 atom stereocenters. The van der Waals surface area contributed by atoms with E-state index >= 15 is 0 Å². The number of thiol groups is 1. The molecule has 0 radical (unpaired) electrons. The van der Waals surface area contributed by atoms with Crippen LogP contribution in [0.15, 0.2) is 36.5 Å². The van der Waals surface area contributed by atoms with Gasteiger partial charge >= 0.3 is 0 Å². The zero-order valence-electron chi connectivity index (χ0n) is 8.93. The highest BCUT2D eigenvalue weighted by atomic mass is 32.1. The normalized spacial score (nSPS) is 12.0. The van der Waals surface area contributed by atoms with Gasteiger partial charge in [0.2, 0.25) is 0 Å². The van der Waals surface area contributed by atoms with Crippen molar-refractivity contribution in [2.75, 3.05) is 5.75 Å². The van der Waals surface area contributed by atoms with Gasteiger partial charge in [-0.1, -0.05) is 44.7 Å². The number of allylic oxidation sites excluding steroid dienone is 3. The van der Waals surface area contributed by atoms with Gasteiger partial charge in [-0.25, -0.2) is 0 Å². The van der Waals surface area contributed by atoms with Gasteiger partial charge in [0, 0.05) is 5.75 Å². The Morgan fingerprint density at radius 1 is 1.31 bits per heavy atom. The minimum atomic E-state index is 0.116. The molecule has 0 amide bonds. The molecule has 1 heteroatoms. The third-order valence-corrected chi connectivity index (χ3v) is 2.44. The van der Waals surface area contributed by atoms with Crippen molar-refractivity contribution >= 4 is 12.6 Å². The van der Waals surface area contributed by atoms with Crippen LogP contribution in [0.25, 0.3) is 0 Å². The Hall–Kier alpha value is -0.430. The third-order valence-electron chi connectivity index (χ3n) is 2.23. The van der Waals surface area contributed by atoms with Gasteiger partial charge in [0.1, 0.15) is 0 Å². The summed E-state index contributed by atoms with van der Waals surface area (Å²) in [5, 5.41) is 0. The first-order chi connectivity index (χ1) is 5.91. The van der Waals surface area contributed by atoms with Gasteiger partial charge in [0.15, 0.2) is 0 Å². The fourth-order valence-corrected chi connectivity index (χ4v) is 1.30. The number of hydrogen-bond donors (Lipinski definition) is 1. The van der Waals surface area contributed by atoms with Gasteiger partial charge in [-0.05, 0) is 24.3 Å². The molecule has 13 heavy (non-hydrogen) atoms. The number of hydrogen-bond acceptors (Lipinski definition) is 1. The van der Waals surface area contributed by atoms with E-state index in [0.29, 0.717) is 0 Å². The van der Waals surface area contributed by atoms with Crippen molar-refractivity contribution < 1.29 is 0 Å². The molecule has 0 nitrogen and oxygen atoms in total. The lowest BCUT2D eigenvalue weighted by Gasteiger charge is -2.26. The highest BCUT2D eigenvalue weighted by Crippen LogP contribution is 2.33. The van der Waals surface area contributed by atoms with Crippen LogP contribution in [0, 0.1) is 5.41 Å². The van der Waals surface area contributed by atoms with Crippen LogP contribution in [-0.4, -0.2) is 5.75 Å². The zero-order valence-corrected chi connectivity index (χ0v) is 9.82. The second-order valence-corrected chi connectivity index (χ2v) is 4.37. The SMILES string of the molecule is C=C(C)C(=C)C(C)(C)C/C=C\CS. The fraction of sp³-hybridized carbons (Fsp3) is 0.500.